The van der Waals surface area contributed by atoms with Crippen LogP contribution in [0.4, 0.5) is 0 Å². The van der Waals surface area contributed by atoms with Crippen LogP contribution in [0.2, 0.25) is 5.02 Å². The zero-order valence-corrected chi connectivity index (χ0v) is 11.0. The van der Waals surface area contributed by atoms with Crippen molar-refractivity contribution in [2.75, 3.05) is 0 Å². The molecule has 3 N–H and O–H groups in total. The number of hydrogen-bond donors (Lipinski definition) is 2. The molecule has 0 radical (unpaired) electrons. The maximum Gasteiger partial charge on any atom is 0.0847 e. The van der Waals surface area contributed by atoms with Gasteiger partial charge in [-0.3, -0.25) is 25.9 Å². The number of aryl methyl sites for hydroxylation is 2. The van der Waals surface area contributed by atoms with Crippen molar-refractivity contribution in [1.29, 1.82) is 0 Å². The molecule has 0 amide bonds. The van der Waals surface area contributed by atoms with E-state index in [9.17, 15) is 0 Å². The van der Waals surface area contributed by atoms with Crippen LogP contribution < -0.4 is 11.3 Å². The summed E-state index contributed by atoms with van der Waals surface area (Å²) < 4.78 is 1.76. The van der Waals surface area contributed by atoms with E-state index in [0.29, 0.717) is 11.4 Å². The first-order valence-electron chi connectivity index (χ1n) is 5.53. The third-order valence-corrected chi connectivity index (χ3v) is 3.29. The second-order valence-corrected chi connectivity index (χ2v) is 4.40. The molecule has 2 heterocycles. The maximum atomic E-state index is 6.21. The van der Waals surface area contributed by atoms with Crippen LogP contribution in [0.3, 0.4) is 0 Å². The summed E-state index contributed by atoms with van der Waals surface area (Å²) in [7, 11) is 1.86. The Morgan fingerprint density at radius 2 is 2.28 bits per heavy atom. The van der Waals surface area contributed by atoms with Gasteiger partial charge in [0.25, 0.3) is 0 Å². The van der Waals surface area contributed by atoms with E-state index >= 15 is 0 Å². The van der Waals surface area contributed by atoms with Gasteiger partial charge < -0.3 is 0 Å². The highest BCUT2D eigenvalue weighted by Crippen LogP contribution is 2.24. The quantitative estimate of drug-likeness (QED) is 0.635. The van der Waals surface area contributed by atoms with Crippen LogP contribution >= 0.6 is 11.6 Å². The van der Waals surface area contributed by atoms with Crippen LogP contribution in [0.25, 0.3) is 0 Å². The average molecular weight is 267 g/mol. The molecule has 2 rings (SSSR count). The van der Waals surface area contributed by atoms with E-state index in [-0.39, 0.29) is 6.04 Å². The lowest BCUT2D eigenvalue weighted by atomic mass is 10.1. The Balaban J connectivity index is 2.26. The van der Waals surface area contributed by atoms with Crippen molar-refractivity contribution in [3.63, 3.8) is 0 Å². The lowest BCUT2D eigenvalue weighted by Crippen LogP contribution is -2.31. The second kappa shape index (κ2) is 5.43. The molecule has 2 aromatic rings. The van der Waals surface area contributed by atoms with Gasteiger partial charge in [-0.05, 0) is 6.92 Å². The molecule has 0 aliphatic heterocycles. The van der Waals surface area contributed by atoms with Crippen LogP contribution in [0.1, 0.15) is 23.1 Å². The summed E-state index contributed by atoms with van der Waals surface area (Å²) in [6, 6.07) is -0.147. The summed E-state index contributed by atoms with van der Waals surface area (Å²) >= 11 is 6.21. The fraction of sp³-hybridized carbons (Fsp3) is 0.364. The van der Waals surface area contributed by atoms with Crippen LogP contribution in [0.15, 0.2) is 18.6 Å². The van der Waals surface area contributed by atoms with Crippen molar-refractivity contribution in [2.24, 2.45) is 12.9 Å². The molecular formula is C11H15ClN6. The third kappa shape index (κ3) is 2.50. The fourth-order valence-electron chi connectivity index (χ4n) is 1.83. The second-order valence-electron chi connectivity index (χ2n) is 4.02. The minimum atomic E-state index is -0.147. The molecule has 6 nitrogen and oxygen atoms in total. The Bertz CT molecular complexity index is 524. The van der Waals surface area contributed by atoms with Gasteiger partial charge in [0, 0.05) is 25.9 Å². The van der Waals surface area contributed by atoms with E-state index in [1.807, 2.05) is 14.0 Å². The molecule has 1 unspecified atom stereocenters. The summed E-state index contributed by atoms with van der Waals surface area (Å²) in [5, 5.41) is 4.94. The molecule has 0 spiro atoms. The molecule has 96 valence electrons. The van der Waals surface area contributed by atoms with Gasteiger partial charge in [0.1, 0.15) is 0 Å². The van der Waals surface area contributed by atoms with E-state index in [0.717, 1.165) is 17.1 Å². The van der Waals surface area contributed by atoms with E-state index < -0.39 is 0 Å². The van der Waals surface area contributed by atoms with Crippen LogP contribution in [-0.4, -0.2) is 19.7 Å². The molecule has 18 heavy (non-hydrogen) atoms. The van der Waals surface area contributed by atoms with Crippen LogP contribution in [0, 0.1) is 6.92 Å². The maximum absolute atomic E-state index is 6.21. The van der Waals surface area contributed by atoms with Gasteiger partial charge in [-0.1, -0.05) is 11.6 Å². The number of nitrogens with two attached hydrogens (primary N) is 1. The molecule has 0 aliphatic rings. The highest BCUT2D eigenvalue weighted by atomic mass is 35.5. The van der Waals surface area contributed by atoms with E-state index in [2.05, 4.69) is 20.5 Å². The number of rotatable bonds is 4. The first-order chi connectivity index (χ1) is 8.63. The van der Waals surface area contributed by atoms with Gasteiger partial charge in [0.15, 0.2) is 0 Å². The Hall–Kier alpha value is -1.50. The predicted molar refractivity (Wildman–Crippen MR) is 68.8 cm³/mol. The SMILES string of the molecule is Cc1nn(C)c(CC(NN)c2cnccn2)c1Cl. The largest absolute Gasteiger partial charge is 0.271 e. The summed E-state index contributed by atoms with van der Waals surface area (Å²) in [5.74, 6) is 5.57. The number of aromatic nitrogens is 4. The Morgan fingerprint density at radius 3 is 2.78 bits per heavy atom. The van der Waals surface area contributed by atoms with Gasteiger partial charge in [0.2, 0.25) is 0 Å². The Labute approximate surface area is 110 Å². The zero-order chi connectivity index (χ0) is 13.1. The molecule has 1 atom stereocenters. The lowest BCUT2D eigenvalue weighted by Gasteiger charge is -2.15. The van der Waals surface area contributed by atoms with Gasteiger partial charge in [0.05, 0.1) is 34.3 Å². The van der Waals surface area contributed by atoms with Crippen molar-refractivity contribution < 1.29 is 0 Å². The van der Waals surface area contributed by atoms with Crippen molar-refractivity contribution in [3.05, 3.63) is 40.7 Å². The Kier molecular flexibility index (Phi) is 3.90. The zero-order valence-electron chi connectivity index (χ0n) is 10.3. The molecule has 0 saturated heterocycles. The fourth-order valence-corrected chi connectivity index (χ4v) is 2.07. The molecule has 2 aromatic heterocycles. The van der Waals surface area contributed by atoms with Gasteiger partial charge in [-0.15, -0.1) is 0 Å². The predicted octanol–water partition coefficient (Wildman–Crippen LogP) is 0.919. The number of nitrogens with one attached hydrogen (secondary N) is 1. The third-order valence-electron chi connectivity index (χ3n) is 2.80. The summed E-state index contributed by atoms with van der Waals surface area (Å²) in [6.45, 7) is 1.87. The minimum absolute atomic E-state index is 0.147. The van der Waals surface area contributed by atoms with E-state index in [1.165, 1.54) is 0 Å². The van der Waals surface area contributed by atoms with Gasteiger partial charge in [-0.2, -0.15) is 5.10 Å². The minimum Gasteiger partial charge on any atom is -0.271 e. The topological polar surface area (TPSA) is 81.7 Å². The summed E-state index contributed by atoms with van der Waals surface area (Å²) in [6.07, 6.45) is 5.54. The summed E-state index contributed by atoms with van der Waals surface area (Å²) in [5.41, 5.74) is 5.23. The number of halogens is 1. The van der Waals surface area contributed by atoms with E-state index in [4.69, 9.17) is 17.4 Å². The van der Waals surface area contributed by atoms with Crippen molar-refractivity contribution in [1.82, 2.24) is 25.2 Å². The lowest BCUT2D eigenvalue weighted by molar-refractivity contribution is 0.516. The normalized spacial score (nSPS) is 12.7. The molecule has 7 heteroatoms. The number of hydrazine groups is 1. The van der Waals surface area contributed by atoms with Gasteiger partial charge in [-0.25, -0.2) is 0 Å². The number of nitrogens with zero attached hydrogens (tertiary/aromatic N) is 4. The van der Waals surface area contributed by atoms with Crippen LogP contribution in [0.5, 0.6) is 0 Å². The highest BCUT2D eigenvalue weighted by molar-refractivity contribution is 6.31. The first kappa shape index (κ1) is 12.9. The molecule has 0 aliphatic carbocycles. The van der Waals surface area contributed by atoms with E-state index in [1.54, 1.807) is 23.3 Å². The van der Waals surface area contributed by atoms with Crippen molar-refractivity contribution in [3.8, 4) is 0 Å². The van der Waals surface area contributed by atoms with Crippen LogP contribution in [-0.2, 0) is 13.5 Å². The molecule has 0 fully saturated rings. The summed E-state index contributed by atoms with van der Waals surface area (Å²) in [4.78, 5) is 8.27. The Morgan fingerprint density at radius 1 is 1.50 bits per heavy atom. The molecule has 0 saturated carbocycles. The monoisotopic (exact) mass is 266 g/mol. The first-order valence-corrected chi connectivity index (χ1v) is 5.91. The van der Waals surface area contributed by atoms with Gasteiger partial charge >= 0.3 is 0 Å². The molecule has 0 aromatic carbocycles. The smallest absolute Gasteiger partial charge is 0.0847 e. The number of hydrogen-bond acceptors (Lipinski definition) is 5. The average Bonchev–Trinajstić information content (AvgIpc) is 2.62. The van der Waals surface area contributed by atoms with Crippen molar-refractivity contribution >= 4 is 11.6 Å². The standard InChI is InChI=1S/C11H15ClN6/c1-7-11(12)10(18(2)17-7)5-8(16-13)9-6-14-3-4-15-9/h3-4,6,8,16H,5,13H2,1-2H3. The molecular weight excluding hydrogens is 252 g/mol. The van der Waals surface area contributed by atoms with Crippen molar-refractivity contribution in [2.45, 2.75) is 19.4 Å². The highest BCUT2D eigenvalue weighted by Gasteiger charge is 2.18. The molecule has 0 bridgehead atoms.